The summed E-state index contributed by atoms with van der Waals surface area (Å²) in [5.41, 5.74) is 3.90. The van der Waals surface area contributed by atoms with E-state index in [1.165, 1.54) is 17.5 Å². The topological polar surface area (TPSA) is 47.6 Å². The van der Waals surface area contributed by atoms with Gasteiger partial charge < -0.3 is 14.8 Å². The molecule has 1 N–H and O–H groups in total. The van der Waals surface area contributed by atoms with E-state index in [2.05, 4.69) is 17.4 Å². The highest BCUT2D eigenvalue weighted by atomic mass is 16.5. The molecule has 0 bridgehead atoms. The molecular weight excluding hydrogens is 302 g/mol. The van der Waals surface area contributed by atoms with Crippen LogP contribution in [0.15, 0.2) is 42.5 Å². The van der Waals surface area contributed by atoms with Gasteiger partial charge in [0.2, 0.25) is 0 Å². The molecule has 24 heavy (non-hydrogen) atoms. The fourth-order valence-electron chi connectivity index (χ4n) is 2.90. The molecule has 1 aliphatic carbocycles. The summed E-state index contributed by atoms with van der Waals surface area (Å²) in [6.07, 6.45) is 3.46. The molecule has 3 rings (SSSR count). The van der Waals surface area contributed by atoms with E-state index in [-0.39, 0.29) is 12.5 Å². The van der Waals surface area contributed by atoms with E-state index < -0.39 is 0 Å². The van der Waals surface area contributed by atoms with Gasteiger partial charge >= 0.3 is 0 Å². The standard InChI is InChI=1S/C20H23NO3/c1-15-4-2-7-18(12-15)23-11-10-21-20(22)14-24-19-9-8-16-5-3-6-17(16)13-19/h2,4,7-9,12-13H,3,5-6,10-11,14H2,1H3,(H,21,22). The van der Waals surface area contributed by atoms with E-state index in [9.17, 15) is 4.79 Å². The van der Waals surface area contributed by atoms with Crippen LogP contribution in [0.1, 0.15) is 23.1 Å². The van der Waals surface area contributed by atoms with Gasteiger partial charge in [-0.2, -0.15) is 0 Å². The molecule has 0 aliphatic heterocycles. The van der Waals surface area contributed by atoms with Crippen molar-refractivity contribution >= 4 is 5.91 Å². The quantitative estimate of drug-likeness (QED) is 0.796. The number of benzene rings is 2. The van der Waals surface area contributed by atoms with Crippen LogP contribution >= 0.6 is 0 Å². The van der Waals surface area contributed by atoms with Crippen LogP contribution in [0.2, 0.25) is 0 Å². The maximum atomic E-state index is 11.8. The fraction of sp³-hybridized carbons (Fsp3) is 0.350. The maximum Gasteiger partial charge on any atom is 0.258 e. The van der Waals surface area contributed by atoms with Crippen molar-refractivity contribution in [3.63, 3.8) is 0 Å². The highest BCUT2D eigenvalue weighted by Gasteiger charge is 2.11. The Balaban J connectivity index is 1.35. The van der Waals surface area contributed by atoms with Crippen molar-refractivity contribution in [2.24, 2.45) is 0 Å². The zero-order valence-corrected chi connectivity index (χ0v) is 14.0. The molecule has 0 aromatic heterocycles. The molecule has 4 heteroatoms. The van der Waals surface area contributed by atoms with Crippen LogP contribution in [0.5, 0.6) is 11.5 Å². The molecule has 0 heterocycles. The molecule has 0 atom stereocenters. The molecule has 2 aromatic rings. The smallest absolute Gasteiger partial charge is 0.258 e. The number of hydrogen-bond acceptors (Lipinski definition) is 3. The third-order valence-electron chi connectivity index (χ3n) is 4.12. The Bertz CT molecular complexity index is 712. The molecule has 1 amide bonds. The summed E-state index contributed by atoms with van der Waals surface area (Å²) in [7, 11) is 0. The van der Waals surface area contributed by atoms with Crippen LogP contribution in [-0.2, 0) is 17.6 Å². The minimum Gasteiger partial charge on any atom is -0.492 e. The van der Waals surface area contributed by atoms with Crippen LogP contribution in [0, 0.1) is 6.92 Å². The van der Waals surface area contributed by atoms with E-state index in [0.717, 1.165) is 29.9 Å². The Morgan fingerprint density at radius 2 is 1.88 bits per heavy atom. The second kappa shape index (κ2) is 7.86. The predicted molar refractivity (Wildman–Crippen MR) is 93.6 cm³/mol. The Morgan fingerprint density at radius 1 is 1.04 bits per heavy atom. The number of amides is 1. The van der Waals surface area contributed by atoms with E-state index in [4.69, 9.17) is 9.47 Å². The molecule has 0 spiro atoms. The first-order chi connectivity index (χ1) is 11.7. The highest BCUT2D eigenvalue weighted by Crippen LogP contribution is 2.25. The molecule has 0 radical (unpaired) electrons. The van der Waals surface area contributed by atoms with Gasteiger partial charge in [0, 0.05) is 0 Å². The van der Waals surface area contributed by atoms with E-state index in [1.54, 1.807) is 0 Å². The summed E-state index contributed by atoms with van der Waals surface area (Å²) in [6.45, 7) is 2.95. The Morgan fingerprint density at radius 3 is 2.75 bits per heavy atom. The van der Waals surface area contributed by atoms with Crippen molar-refractivity contribution in [3.05, 3.63) is 59.2 Å². The van der Waals surface area contributed by atoms with E-state index in [1.807, 2.05) is 37.3 Å². The van der Waals surface area contributed by atoms with Crippen molar-refractivity contribution in [2.45, 2.75) is 26.2 Å². The first kappa shape index (κ1) is 16.4. The van der Waals surface area contributed by atoms with Gasteiger partial charge in [0.15, 0.2) is 6.61 Å². The number of carbonyl (C=O) groups excluding carboxylic acids is 1. The van der Waals surface area contributed by atoms with Crippen molar-refractivity contribution in [3.8, 4) is 11.5 Å². The molecule has 0 saturated carbocycles. The number of ether oxygens (including phenoxy) is 2. The van der Waals surface area contributed by atoms with Crippen LogP contribution in [0.25, 0.3) is 0 Å². The summed E-state index contributed by atoms with van der Waals surface area (Å²) in [5.74, 6) is 1.45. The lowest BCUT2D eigenvalue weighted by molar-refractivity contribution is -0.123. The van der Waals surface area contributed by atoms with Gasteiger partial charge in [0.1, 0.15) is 18.1 Å². The Labute approximate surface area is 142 Å². The average Bonchev–Trinajstić information content (AvgIpc) is 3.05. The minimum atomic E-state index is -0.136. The Kier molecular flexibility index (Phi) is 5.36. The summed E-state index contributed by atoms with van der Waals surface area (Å²) in [5, 5.41) is 2.80. The van der Waals surface area contributed by atoms with Crippen LogP contribution in [-0.4, -0.2) is 25.7 Å². The number of hydrogen-bond donors (Lipinski definition) is 1. The summed E-state index contributed by atoms with van der Waals surface area (Å²) < 4.78 is 11.2. The van der Waals surface area contributed by atoms with Gasteiger partial charge in [0.05, 0.1) is 6.54 Å². The van der Waals surface area contributed by atoms with Crippen LogP contribution in [0.4, 0.5) is 0 Å². The monoisotopic (exact) mass is 325 g/mol. The summed E-state index contributed by atoms with van der Waals surface area (Å²) in [4.78, 5) is 11.8. The molecule has 0 saturated heterocycles. The third-order valence-corrected chi connectivity index (χ3v) is 4.12. The summed E-state index contributed by atoms with van der Waals surface area (Å²) in [6, 6.07) is 13.9. The first-order valence-electron chi connectivity index (χ1n) is 8.41. The van der Waals surface area contributed by atoms with Gasteiger partial charge in [0.25, 0.3) is 5.91 Å². The molecule has 0 unspecified atom stereocenters. The minimum absolute atomic E-state index is 0.0310. The lowest BCUT2D eigenvalue weighted by atomic mass is 10.1. The van der Waals surface area contributed by atoms with Crippen molar-refractivity contribution in [1.82, 2.24) is 5.32 Å². The lowest BCUT2D eigenvalue weighted by Gasteiger charge is -2.10. The Hall–Kier alpha value is -2.49. The molecule has 2 aromatic carbocycles. The van der Waals surface area contributed by atoms with Gasteiger partial charge in [-0.3, -0.25) is 4.79 Å². The second-order valence-electron chi connectivity index (χ2n) is 6.09. The molecule has 126 valence electrons. The van der Waals surface area contributed by atoms with Crippen LogP contribution in [0.3, 0.4) is 0 Å². The predicted octanol–water partition coefficient (Wildman–Crippen LogP) is 3.06. The number of carbonyl (C=O) groups is 1. The zero-order chi connectivity index (χ0) is 16.8. The molecule has 4 nitrogen and oxygen atoms in total. The van der Waals surface area contributed by atoms with Gasteiger partial charge in [-0.05, 0) is 67.1 Å². The number of nitrogens with one attached hydrogen (secondary N) is 1. The average molecular weight is 325 g/mol. The lowest BCUT2D eigenvalue weighted by Crippen LogP contribution is -2.32. The van der Waals surface area contributed by atoms with Crippen molar-refractivity contribution < 1.29 is 14.3 Å². The molecular formula is C20H23NO3. The van der Waals surface area contributed by atoms with Gasteiger partial charge in [-0.15, -0.1) is 0 Å². The third kappa shape index (κ3) is 4.51. The first-order valence-corrected chi connectivity index (χ1v) is 8.41. The van der Waals surface area contributed by atoms with Crippen molar-refractivity contribution in [2.75, 3.05) is 19.8 Å². The highest BCUT2D eigenvalue weighted by molar-refractivity contribution is 5.77. The van der Waals surface area contributed by atoms with Gasteiger partial charge in [-0.1, -0.05) is 18.2 Å². The number of fused-ring (bicyclic) bond motifs is 1. The SMILES string of the molecule is Cc1cccc(OCCNC(=O)COc2ccc3c(c2)CCC3)c1. The normalized spacial score (nSPS) is 12.5. The van der Waals surface area contributed by atoms with Crippen molar-refractivity contribution in [1.29, 1.82) is 0 Å². The van der Waals surface area contributed by atoms with E-state index >= 15 is 0 Å². The largest absolute Gasteiger partial charge is 0.492 e. The molecule has 1 aliphatic rings. The van der Waals surface area contributed by atoms with E-state index in [0.29, 0.717) is 13.2 Å². The fourth-order valence-corrected chi connectivity index (χ4v) is 2.90. The number of rotatable bonds is 7. The molecule has 0 fully saturated rings. The second-order valence-corrected chi connectivity index (χ2v) is 6.09. The van der Waals surface area contributed by atoms with Crippen LogP contribution < -0.4 is 14.8 Å². The maximum absolute atomic E-state index is 11.8. The number of aryl methyl sites for hydroxylation is 3. The zero-order valence-electron chi connectivity index (χ0n) is 14.0. The van der Waals surface area contributed by atoms with Gasteiger partial charge in [-0.25, -0.2) is 0 Å². The summed E-state index contributed by atoms with van der Waals surface area (Å²) >= 11 is 0.